The van der Waals surface area contributed by atoms with Gasteiger partial charge in [0.1, 0.15) is 18.2 Å². The largest absolute Gasteiger partial charge is 0.336 e. The Balaban J connectivity index is 1.55. The van der Waals surface area contributed by atoms with Crippen molar-refractivity contribution in [2.24, 2.45) is 4.99 Å². The average molecular weight is 424 g/mol. The van der Waals surface area contributed by atoms with Crippen LogP contribution < -0.4 is 4.90 Å². The summed E-state index contributed by atoms with van der Waals surface area (Å²) in [6.45, 7) is 5.05. The number of hydrogen-bond donors (Lipinski definition) is 0. The highest BCUT2D eigenvalue weighted by Crippen LogP contribution is 2.33. The molecule has 5 rings (SSSR count). The van der Waals surface area contributed by atoms with E-state index < -0.39 is 0 Å². The lowest BCUT2D eigenvalue weighted by Crippen LogP contribution is -2.56. The molecule has 3 amide bonds. The van der Waals surface area contributed by atoms with E-state index in [2.05, 4.69) is 23.9 Å². The third kappa shape index (κ3) is 3.19. The molecule has 3 aliphatic heterocycles. The van der Waals surface area contributed by atoms with Crippen LogP contribution in [0, 0.1) is 5.82 Å². The summed E-state index contributed by atoms with van der Waals surface area (Å²) in [5, 5.41) is 4.46. The Morgan fingerprint density at radius 1 is 1.16 bits per heavy atom. The van der Waals surface area contributed by atoms with Crippen LogP contribution in [0.25, 0.3) is 5.69 Å². The quantitative estimate of drug-likeness (QED) is 0.761. The Labute approximate surface area is 179 Å². The number of aliphatic imine (C=N–C) groups is 1. The van der Waals surface area contributed by atoms with Crippen LogP contribution >= 0.6 is 0 Å². The number of piperidine rings is 1. The molecular weight excluding hydrogens is 399 g/mol. The molecule has 9 heteroatoms. The highest BCUT2D eigenvalue weighted by molar-refractivity contribution is 6.20. The molecule has 0 radical (unpaired) electrons. The van der Waals surface area contributed by atoms with Crippen molar-refractivity contribution in [3.63, 3.8) is 0 Å². The van der Waals surface area contributed by atoms with Crippen molar-refractivity contribution in [2.75, 3.05) is 24.5 Å². The molecule has 0 aliphatic carbocycles. The van der Waals surface area contributed by atoms with E-state index in [-0.39, 0.29) is 36.4 Å². The molecule has 0 N–H and O–H groups in total. The summed E-state index contributed by atoms with van der Waals surface area (Å²) < 4.78 is 15.0. The standard InChI is InChI=1S/C22H25FN6O2/c1-14-4-3-5-15(2)28(14)19(30)13-27-21-18(20-24-10-11-26(20)22(27)31)12-25-29(21)17-8-6-16(23)7-9-17/h6-9,12,14-15H,3-5,10-11,13H2,1-2H3/t14-,15+. The topological polar surface area (TPSA) is 74.0 Å². The van der Waals surface area contributed by atoms with E-state index in [1.807, 2.05) is 4.90 Å². The van der Waals surface area contributed by atoms with E-state index in [1.165, 1.54) is 17.0 Å². The van der Waals surface area contributed by atoms with Gasteiger partial charge in [0.05, 0.1) is 24.0 Å². The Bertz CT molecular complexity index is 1050. The van der Waals surface area contributed by atoms with Gasteiger partial charge >= 0.3 is 6.03 Å². The first-order valence-corrected chi connectivity index (χ1v) is 10.7. The summed E-state index contributed by atoms with van der Waals surface area (Å²) in [7, 11) is 0. The normalized spacial score (nSPS) is 23.0. The van der Waals surface area contributed by atoms with Crippen LogP contribution in [0.1, 0.15) is 38.7 Å². The number of benzene rings is 1. The van der Waals surface area contributed by atoms with Crippen molar-refractivity contribution in [2.45, 2.75) is 45.2 Å². The van der Waals surface area contributed by atoms with Gasteiger partial charge in [0.25, 0.3) is 0 Å². The van der Waals surface area contributed by atoms with Crippen molar-refractivity contribution in [1.29, 1.82) is 0 Å². The van der Waals surface area contributed by atoms with Gasteiger partial charge in [0.15, 0.2) is 5.82 Å². The Hall–Kier alpha value is -3.23. The molecule has 1 aromatic heterocycles. The molecule has 0 unspecified atom stereocenters. The molecule has 1 fully saturated rings. The maximum Gasteiger partial charge on any atom is 0.331 e. The van der Waals surface area contributed by atoms with Crippen molar-refractivity contribution < 1.29 is 14.0 Å². The van der Waals surface area contributed by atoms with Gasteiger partial charge in [-0.2, -0.15) is 5.10 Å². The van der Waals surface area contributed by atoms with Gasteiger partial charge in [0, 0.05) is 18.6 Å². The zero-order chi connectivity index (χ0) is 21.7. The molecule has 0 bridgehead atoms. The number of nitrogens with zero attached hydrogens (tertiary/aromatic N) is 6. The first-order valence-electron chi connectivity index (χ1n) is 10.7. The smallest absolute Gasteiger partial charge is 0.331 e. The fourth-order valence-electron chi connectivity index (χ4n) is 4.90. The SMILES string of the molecule is C[C@@H]1CCC[C@H](C)N1C(=O)CN1C(=O)N2CCN=C2c2cnn(-c3ccc(F)cc3)c21. The van der Waals surface area contributed by atoms with Crippen LogP contribution in [0.3, 0.4) is 0 Å². The van der Waals surface area contributed by atoms with Crippen LogP contribution in [0.2, 0.25) is 0 Å². The maximum atomic E-state index is 13.5. The van der Waals surface area contributed by atoms with E-state index >= 15 is 0 Å². The molecule has 8 nitrogen and oxygen atoms in total. The molecule has 2 atom stereocenters. The highest BCUT2D eigenvalue weighted by atomic mass is 19.1. The number of rotatable bonds is 3. The average Bonchev–Trinajstić information content (AvgIpc) is 3.39. The molecule has 0 spiro atoms. The van der Waals surface area contributed by atoms with Crippen LogP contribution in [-0.2, 0) is 4.79 Å². The second-order valence-corrected chi connectivity index (χ2v) is 8.43. The lowest BCUT2D eigenvalue weighted by Gasteiger charge is -2.41. The van der Waals surface area contributed by atoms with Gasteiger partial charge in [-0.3, -0.25) is 19.6 Å². The number of halogens is 1. The third-order valence-electron chi connectivity index (χ3n) is 6.39. The first-order chi connectivity index (χ1) is 15.0. The summed E-state index contributed by atoms with van der Waals surface area (Å²) in [6, 6.07) is 5.90. The number of carbonyl (C=O) groups is 2. The zero-order valence-electron chi connectivity index (χ0n) is 17.7. The minimum Gasteiger partial charge on any atom is -0.336 e. The van der Waals surface area contributed by atoms with E-state index in [1.54, 1.807) is 27.9 Å². The molecule has 1 aromatic carbocycles. The number of amidine groups is 1. The molecule has 0 saturated carbocycles. The number of aromatic nitrogens is 2. The van der Waals surface area contributed by atoms with Gasteiger partial charge in [0.2, 0.25) is 5.91 Å². The number of fused-ring (bicyclic) bond motifs is 3. The summed E-state index contributed by atoms with van der Waals surface area (Å²) >= 11 is 0. The van der Waals surface area contributed by atoms with Crippen molar-refractivity contribution in [3.05, 3.63) is 41.8 Å². The summed E-state index contributed by atoms with van der Waals surface area (Å²) in [4.78, 5) is 36.2. The second-order valence-electron chi connectivity index (χ2n) is 8.43. The van der Waals surface area contributed by atoms with E-state index in [4.69, 9.17) is 0 Å². The molecule has 3 aliphatic rings. The number of anilines is 1. The maximum absolute atomic E-state index is 13.5. The van der Waals surface area contributed by atoms with Gasteiger partial charge in [-0.25, -0.2) is 13.9 Å². The summed E-state index contributed by atoms with van der Waals surface area (Å²) in [5.74, 6) is 0.647. The summed E-state index contributed by atoms with van der Waals surface area (Å²) in [5.41, 5.74) is 1.31. The van der Waals surface area contributed by atoms with Gasteiger partial charge in [-0.15, -0.1) is 0 Å². The fraction of sp³-hybridized carbons (Fsp3) is 0.455. The van der Waals surface area contributed by atoms with Crippen molar-refractivity contribution >= 4 is 23.6 Å². The Morgan fingerprint density at radius 2 is 1.87 bits per heavy atom. The van der Waals surface area contributed by atoms with Crippen LogP contribution in [0.4, 0.5) is 15.0 Å². The number of urea groups is 1. The van der Waals surface area contributed by atoms with Crippen LogP contribution in [-0.4, -0.2) is 69.1 Å². The molecular formula is C22H25FN6O2. The predicted molar refractivity (Wildman–Crippen MR) is 114 cm³/mol. The lowest BCUT2D eigenvalue weighted by molar-refractivity contribution is -0.135. The lowest BCUT2D eigenvalue weighted by atomic mass is 9.97. The predicted octanol–water partition coefficient (Wildman–Crippen LogP) is 2.80. The number of hydrogen-bond acceptors (Lipinski definition) is 4. The zero-order valence-corrected chi connectivity index (χ0v) is 17.7. The Kier molecular flexibility index (Phi) is 4.75. The number of likely N-dealkylation sites (tertiary alicyclic amines) is 1. The number of amides is 3. The van der Waals surface area contributed by atoms with Crippen molar-refractivity contribution in [1.82, 2.24) is 19.6 Å². The monoisotopic (exact) mass is 424 g/mol. The fourth-order valence-corrected chi connectivity index (χ4v) is 4.90. The summed E-state index contributed by atoms with van der Waals surface area (Å²) in [6.07, 6.45) is 4.69. The first kappa shape index (κ1) is 19.7. The van der Waals surface area contributed by atoms with E-state index in [0.29, 0.717) is 36.0 Å². The van der Waals surface area contributed by atoms with Gasteiger partial charge < -0.3 is 4.90 Å². The third-order valence-corrected chi connectivity index (χ3v) is 6.39. The second kappa shape index (κ2) is 7.47. The van der Waals surface area contributed by atoms with E-state index in [9.17, 15) is 14.0 Å². The van der Waals surface area contributed by atoms with Gasteiger partial charge in [-0.1, -0.05) is 0 Å². The molecule has 162 valence electrons. The minimum atomic E-state index is -0.354. The van der Waals surface area contributed by atoms with Crippen molar-refractivity contribution in [3.8, 4) is 5.69 Å². The minimum absolute atomic E-state index is 0.0722. The number of carbonyl (C=O) groups excluding carboxylic acids is 2. The molecule has 4 heterocycles. The van der Waals surface area contributed by atoms with Crippen LogP contribution in [0.15, 0.2) is 35.5 Å². The van der Waals surface area contributed by atoms with Gasteiger partial charge in [-0.05, 0) is 57.4 Å². The molecule has 31 heavy (non-hydrogen) atoms. The highest BCUT2D eigenvalue weighted by Gasteiger charge is 2.42. The van der Waals surface area contributed by atoms with Crippen LogP contribution in [0.5, 0.6) is 0 Å². The Morgan fingerprint density at radius 3 is 2.58 bits per heavy atom. The molecule has 1 saturated heterocycles. The molecule has 2 aromatic rings. The van der Waals surface area contributed by atoms with E-state index in [0.717, 1.165) is 19.3 Å².